The molecule has 0 unspecified atom stereocenters. The van der Waals surface area contributed by atoms with Gasteiger partial charge in [0.25, 0.3) is 10.0 Å². The van der Waals surface area contributed by atoms with E-state index in [-0.39, 0.29) is 16.1 Å². The zero-order chi connectivity index (χ0) is 17.3. The van der Waals surface area contributed by atoms with Gasteiger partial charge in [-0.25, -0.2) is 8.42 Å². The molecule has 8 heteroatoms. The molecule has 1 aliphatic heterocycles. The Bertz CT molecular complexity index is 897. The zero-order valence-electron chi connectivity index (χ0n) is 13.1. The number of benzene rings is 2. The van der Waals surface area contributed by atoms with Crippen LogP contribution in [0.3, 0.4) is 0 Å². The molecule has 0 fully saturated rings. The van der Waals surface area contributed by atoms with Crippen molar-refractivity contribution in [3.8, 4) is 5.75 Å². The summed E-state index contributed by atoms with van der Waals surface area (Å²) < 4.78 is 32.7. The summed E-state index contributed by atoms with van der Waals surface area (Å²) in [7, 11) is -2.26. The normalized spacial score (nSPS) is 16.9. The van der Waals surface area contributed by atoms with Gasteiger partial charge in [-0.3, -0.25) is 9.52 Å². The average molecular weight is 364 g/mol. The SMILES string of the molecule is COc1cccc(NS(=O)(=O)c2ccc3c(c2)NC(=O)[C@@H](C)S3)c1. The number of thioether (sulfide) groups is 1. The highest BCUT2D eigenvalue weighted by Crippen LogP contribution is 2.37. The third-order valence-electron chi connectivity index (χ3n) is 3.51. The van der Waals surface area contributed by atoms with Crippen LogP contribution in [0.4, 0.5) is 11.4 Å². The summed E-state index contributed by atoms with van der Waals surface area (Å²) in [5.41, 5.74) is 0.913. The Morgan fingerprint density at radius 2 is 2.00 bits per heavy atom. The summed E-state index contributed by atoms with van der Waals surface area (Å²) in [4.78, 5) is 12.7. The van der Waals surface area contributed by atoms with Crippen LogP contribution < -0.4 is 14.8 Å². The lowest BCUT2D eigenvalue weighted by atomic mass is 10.3. The van der Waals surface area contributed by atoms with Gasteiger partial charge in [0.15, 0.2) is 0 Å². The van der Waals surface area contributed by atoms with Crippen molar-refractivity contribution in [3.05, 3.63) is 42.5 Å². The molecule has 1 heterocycles. The maximum Gasteiger partial charge on any atom is 0.261 e. The number of fused-ring (bicyclic) bond motifs is 1. The van der Waals surface area contributed by atoms with Crippen LogP contribution in [0.5, 0.6) is 5.75 Å². The first-order chi connectivity index (χ1) is 11.4. The van der Waals surface area contributed by atoms with E-state index in [4.69, 9.17) is 4.74 Å². The minimum Gasteiger partial charge on any atom is -0.497 e. The Hall–Kier alpha value is -2.19. The molecule has 126 valence electrons. The topological polar surface area (TPSA) is 84.5 Å². The highest BCUT2D eigenvalue weighted by atomic mass is 32.2. The molecule has 2 N–H and O–H groups in total. The van der Waals surface area contributed by atoms with E-state index in [0.717, 1.165) is 4.90 Å². The number of amides is 1. The second kappa shape index (κ2) is 6.37. The molecule has 1 aliphatic rings. The lowest BCUT2D eigenvalue weighted by molar-refractivity contribution is -0.115. The molecule has 0 aliphatic carbocycles. The highest BCUT2D eigenvalue weighted by molar-refractivity contribution is 8.01. The maximum absolute atomic E-state index is 12.6. The van der Waals surface area contributed by atoms with Crippen LogP contribution in [0.2, 0.25) is 0 Å². The van der Waals surface area contributed by atoms with E-state index < -0.39 is 10.0 Å². The second-order valence-corrected chi connectivity index (χ2v) is 8.31. The molecule has 6 nitrogen and oxygen atoms in total. The number of hydrogen-bond acceptors (Lipinski definition) is 5. The number of rotatable bonds is 4. The van der Waals surface area contributed by atoms with Crippen molar-refractivity contribution < 1.29 is 17.9 Å². The van der Waals surface area contributed by atoms with Gasteiger partial charge in [-0.15, -0.1) is 11.8 Å². The molecule has 0 spiro atoms. The number of sulfonamides is 1. The first-order valence-corrected chi connectivity index (χ1v) is 9.54. The first kappa shape index (κ1) is 16.7. The quantitative estimate of drug-likeness (QED) is 0.871. The number of anilines is 2. The van der Waals surface area contributed by atoms with Gasteiger partial charge in [0.2, 0.25) is 5.91 Å². The van der Waals surface area contributed by atoms with Crippen molar-refractivity contribution in [3.63, 3.8) is 0 Å². The van der Waals surface area contributed by atoms with Gasteiger partial charge in [0.1, 0.15) is 5.75 Å². The Morgan fingerprint density at radius 1 is 1.21 bits per heavy atom. The lowest BCUT2D eigenvalue weighted by Crippen LogP contribution is -2.26. The molecular formula is C16H16N2O4S2. The summed E-state index contributed by atoms with van der Waals surface area (Å²) in [6, 6.07) is 11.3. The van der Waals surface area contributed by atoms with Gasteiger partial charge in [-0.1, -0.05) is 6.07 Å². The number of hydrogen-bond donors (Lipinski definition) is 2. The van der Waals surface area contributed by atoms with E-state index in [9.17, 15) is 13.2 Å². The molecule has 1 atom stereocenters. The molecule has 2 aromatic carbocycles. The summed E-state index contributed by atoms with van der Waals surface area (Å²) in [5, 5.41) is 2.53. The van der Waals surface area contributed by atoms with Crippen molar-refractivity contribution in [2.24, 2.45) is 0 Å². The third-order valence-corrected chi connectivity index (χ3v) is 6.07. The Kier molecular flexibility index (Phi) is 4.42. The van der Waals surface area contributed by atoms with Crippen molar-refractivity contribution in [2.45, 2.75) is 22.0 Å². The van der Waals surface area contributed by atoms with Gasteiger partial charge in [0, 0.05) is 11.0 Å². The van der Waals surface area contributed by atoms with Crippen molar-refractivity contribution >= 4 is 39.1 Å². The standard InChI is InChI=1S/C16H16N2O4S2/c1-10-16(19)17-14-9-13(6-7-15(14)23-10)24(20,21)18-11-4-3-5-12(8-11)22-2/h3-10,18H,1-2H3,(H,17,19)/t10-/m1/s1. The molecule has 1 amide bonds. The van der Waals surface area contributed by atoms with E-state index >= 15 is 0 Å². The van der Waals surface area contributed by atoms with Gasteiger partial charge in [0.05, 0.1) is 28.6 Å². The van der Waals surface area contributed by atoms with Gasteiger partial charge < -0.3 is 10.1 Å². The number of nitrogens with one attached hydrogen (secondary N) is 2. The van der Waals surface area contributed by atoms with Crippen LogP contribution >= 0.6 is 11.8 Å². The largest absolute Gasteiger partial charge is 0.497 e. The Balaban J connectivity index is 1.90. The molecule has 24 heavy (non-hydrogen) atoms. The van der Waals surface area contributed by atoms with Crippen LogP contribution in [0, 0.1) is 0 Å². The fourth-order valence-corrected chi connectivity index (χ4v) is 4.26. The molecule has 3 rings (SSSR count). The predicted octanol–water partition coefficient (Wildman–Crippen LogP) is 2.93. The number of ether oxygens (including phenoxy) is 1. The molecular weight excluding hydrogens is 348 g/mol. The summed E-state index contributed by atoms with van der Waals surface area (Å²) in [5.74, 6) is 0.418. The lowest BCUT2D eigenvalue weighted by Gasteiger charge is -2.22. The Morgan fingerprint density at radius 3 is 2.75 bits per heavy atom. The van der Waals surface area contributed by atoms with Crippen LogP contribution in [0.25, 0.3) is 0 Å². The third kappa shape index (κ3) is 3.34. The van der Waals surface area contributed by atoms with E-state index in [2.05, 4.69) is 10.0 Å². The molecule has 0 bridgehead atoms. The second-order valence-electron chi connectivity index (χ2n) is 5.24. The average Bonchev–Trinajstić information content (AvgIpc) is 2.55. The molecule has 0 saturated heterocycles. The van der Waals surface area contributed by atoms with Gasteiger partial charge >= 0.3 is 0 Å². The van der Waals surface area contributed by atoms with Gasteiger partial charge in [-0.2, -0.15) is 0 Å². The maximum atomic E-state index is 12.6. The van der Waals surface area contributed by atoms with Crippen LogP contribution in [0.15, 0.2) is 52.3 Å². The highest BCUT2D eigenvalue weighted by Gasteiger charge is 2.25. The van der Waals surface area contributed by atoms with Gasteiger partial charge in [-0.05, 0) is 37.3 Å². The summed E-state index contributed by atoms with van der Waals surface area (Å²) in [6.07, 6.45) is 0. The van der Waals surface area contributed by atoms with E-state index in [1.54, 1.807) is 37.3 Å². The van der Waals surface area contributed by atoms with Crippen LogP contribution in [0.1, 0.15) is 6.92 Å². The van der Waals surface area contributed by atoms with Crippen molar-refractivity contribution in [2.75, 3.05) is 17.1 Å². The number of carbonyl (C=O) groups is 1. The zero-order valence-corrected chi connectivity index (χ0v) is 14.7. The Labute approximate surface area is 144 Å². The summed E-state index contributed by atoms with van der Waals surface area (Å²) in [6.45, 7) is 1.80. The summed E-state index contributed by atoms with van der Waals surface area (Å²) >= 11 is 1.40. The van der Waals surface area contributed by atoms with Crippen molar-refractivity contribution in [1.29, 1.82) is 0 Å². The fourth-order valence-electron chi connectivity index (χ4n) is 2.26. The van der Waals surface area contributed by atoms with E-state index in [1.807, 2.05) is 0 Å². The predicted molar refractivity (Wildman–Crippen MR) is 94.2 cm³/mol. The molecule has 0 aromatic heterocycles. The number of carbonyl (C=O) groups excluding carboxylic acids is 1. The van der Waals surface area contributed by atoms with E-state index in [1.165, 1.54) is 31.0 Å². The molecule has 2 aromatic rings. The monoisotopic (exact) mass is 364 g/mol. The number of methoxy groups -OCH3 is 1. The minimum atomic E-state index is -3.77. The smallest absolute Gasteiger partial charge is 0.261 e. The minimum absolute atomic E-state index is 0.0829. The van der Waals surface area contributed by atoms with E-state index in [0.29, 0.717) is 17.1 Å². The first-order valence-electron chi connectivity index (χ1n) is 7.17. The molecule has 0 saturated carbocycles. The van der Waals surface area contributed by atoms with Crippen LogP contribution in [-0.2, 0) is 14.8 Å². The van der Waals surface area contributed by atoms with Crippen LogP contribution in [-0.4, -0.2) is 26.7 Å². The molecule has 0 radical (unpaired) electrons. The fraction of sp³-hybridized carbons (Fsp3) is 0.188. The van der Waals surface area contributed by atoms with Crippen molar-refractivity contribution in [1.82, 2.24) is 0 Å².